The third-order valence-electron chi connectivity index (χ3n) is 3.04. The molecule has 0 amide bonds. The second-order valence-corrected chi connectivity index (χ2v) is 6.36. The van der Waals surface area contributed by atoms with E-state index in [0.29, 0.717) is 6.54 Å². The van der Waals surface area contributed by atoms with Gasteiger partial charge in [0.25, 0.3) is 0 Å². The van der Waals surface area contributed by atoms with Gasteiger partial charge in [0.1, 0.15) is 0 Å². The highest BCUT2D eigenvalue weighted by Crippen LogP contribution is 2.13. The van der Waals surface area contributed by atoms with E-state index in [1.807, 2.05) is 30.3 Å². The molecular formula is C12H19ClN2O2S. The molecule has 0 aliphatic carbocycles. The van der Waals surface area contributed by atoms with E-state index in [1.165, 1.54) is 11.8 Å². The number of nitrogens with one attached hydrogen (secondary N) is 1. The summed E-state index contributed by atoms with van der Waals surface area (Å²) in [5, 5.41) is 3.25. The molecule has 1 aromatic carbocycles. The van der Waals surface area contributed by atoms with Crippen LogP contribution in [0.4, 0.5) is 0 Å². The Balaban J connectivity index is 0.00000162. The van der Waals surface area contributed by atoms with Crippen molar-refractivity contribution in [3.05, 3.63) is 35.9 Å². The predicted molar refractivity (Wildman–Crippen MR) is 75.6 cm³/mol. The molecule has 0 unspecified atom stereocenters. The van der Waals surface area contributed by atoms with Crippen LogP contribution in [-0.2, 0) is 16.4 Å². The Labute approximate surface area is 115 Å². The van der Waals surface area contributed by atoms with Gasteiger partial charge in [-0.1, -0.05) is 30.3 Å². The molecule has 0 aromatic heterocycles. The van der Waals surface area contributed by atoms with Gasteiger partial charge in [0.15, 0.2) is 0 Å². The van der Waals surface area contributed by atoms with E-state index in [-0.39, 0.29) is 18.4 Å². The van der Waals surface area contributed by atoms with Crippen LogP contribution in [0, 0.1) is 0 Å². The zero-order valence-electron chi connectivity index (χ0n) is 10.4. The number of rotatable bonds is 3. The Kier molecular flexibility index (Phi) is 5.59. The van der Waals surface area contributed by atoms with Gasteiger partial charge in [-0.2, -0.15) is 4.31 Å². The summed E-state index contributed by atoms with van der Waals surface area (Å²) in [5.74, 6) is 0. The fraction of sp³-hybridized carbons (Fsp3) is 0.500. The largest absolute Gasteiger partial charge is 0.314 e. The van der Waals surface area contributed by atoms with Crippen molar-refractivity contribution in [3.63, 3.8) is 0 Å². The highest BCUT2D eigenvalue weighted by atomic mass is 35.5. The highest BCUT2D eigenvalue weighted by Gasteiger charge is 2.28. The monoisotopic (exact) mass is 290 g/mol. The van der Waals surface area contributed by atoms with Crippen LogP contribution in [0.25, 0.3) is 0 Å². The Bertz CT molecular complexity index is 464. The molecule has 2 rings (SSSR count). The van der Waals surface area contributed by atoms with Crippen LogP contribution in [0.3, 0.4) is 0 Å². The standard InChI is InChI=1S/C12H18N2O2S.ClH/c1-17(15,16)14-8-7-13-10-12(14)9-11-5-3-2-4-6-11;/h2-6,12-13H,7-10H2,1H3;1H/t12-;/m0./s1. The van der Waals surface area contributed by atoms with Crippen molar-refractivity contribution < 1.29 is 8.42 Å². The second-order valence-electron chi connectivity index (χ2n) is 4.42. The maximum atomic E-state index is 11.7. The minimum Gasteiger partial charge on any atom is -0.314 e. The Morgan fingerprint density at radius 3 is 2.61 bits per heavy atom. The van der Waals surface area contributed by atoms with Crippen molar-refractivity contribution in [3.8, 4) is 0 Å². The normalized spacial score (nSPS) is 21.3. The quantitative estimate of drug-likeness (QED) is 0.899. The number of piperazine rings is 1. The summed E-state index contributed by atoms with van der Waals surface area (Å²) in [7, 11) is -3.10. The van der Waals surface area contributed by atoms with Crippen LogP contribution >= 0.6 is 12.4 Å². The summed E-state index contributed by atoms with van der Waals surface area (Å²) in [4.78, 5) is 0. The van der Waals surface area contributed by atoms with Crippen molar-refractivity contribution in [2.45, 2.75) is 12.5 Å². The molecule has 1 aromatic rings. The summed E-state index contributed by atoms with van der Waals surface area (Å²) in [6, 6.07) is 10.0. The van der Waals surface area contributed by atoms with E-state index in [0.717, 1.165) is 19.5 Å². The van der Waals surface area contributed by atoms with E-state index >= 15 is 0 Å². The summed E-state index contributed by atoms with van der Waals surface area (Å²) >= 11 is 0. The SMILES string of the molecule is CS(=O)(=O)N1CCNC[C@@H]1Cc1ccccc1.Cl. The summed E-state index contributed by atoms with van der Waals surface area (Å²) < 4.78 is 25.0. The summed E-state index contributed by atoms with van der Waals surface area (Å²) in [6.45, 7) is 2.02. The molecule has 0 bridgehead atoms. The molecule has 102 valence electrons. The van der Waals surface area contributed by atoms with Gasteiger partial charge < -0.3 is 5.32 Å². The van der Waals surface area contributed by atoms with Crippen LogP contribution in [0.1, 0.15) is 5.56 Å². The molecular weight excluding hydrogens is 272 g/mol. The lowest BCUT2D eigenvalue weighted by atomic mass is 10.1. The molecule has 0 saturated carbocycles. The van der Waals surface area contributed by atoms with E-state index in [4.69, 9.17) is 0 Å². The zero-order valence-corrected chi connectivity index (χ0v) is 12.0. The number of hydrogen-bond donors (Lipinski definition) is 1. The number of sulfonamides is 1. The first-order valence-electron chi connectivity index (χ1n) is 5.79. The maximum Gasteiger partial charge on any atom is 0.211 e. The lowest BCUT2D eigenvalue weighted by Crippen LogP contribution is -2.54. The van der Waals surface area contributed by atoms with Crippen LogP contribution in [0.15, 0.2) is 30.3 Å². The minimum atomic E-state index is -3.10. The molecule has 1 heterocycles. The molecule has 6 heteroatoms. The van der Waals surface area contributed by atoms with Crippen molar-refractivity contribution in [1.82, 2.24) is 9.62 Å². The lowest BCUT2D eigenvalue weighted by molar-refractivity contribution is 0.267. The maximum absolute atomic E-state index is 11.7. The van der Waals surface area contributed by atoms with Gasteiger partial charge in [-0.3, -0.25) is 0 Å². The highest BCUT2D eigenvalue weighted by molar-refractivity contribution is 7.88. The van der Waals surface area contributed by atoms with Gasteiger partial charge in [0.05, 0.1) is 6.26 Å². The topological polar surface area (TPSA) is 49.4 Å². The summed E-state index contributed by atoms with van der Waals surface area (Å²) in [5.41, 5.74) is 1.18. The first kappa shape index (κ1) is 15.4. The molecule has 1 aliphatic heterocycles. The second kappa shape index (κ2) is 6.52. The Morgan fingerprint density at radius 2 is 2.00 bits per heavy atom. The van der Waals surface area contributed by atoms with Crippen molar-refractivity contribution in [2.75, 3.05) is 25.9 Å². The number of hydrogen-bond acceptors (Lipinski definition) is 3. The lowest BCUT2D eigenvalue weighted by Gasteiger charge is -2.34. The van der Waals surface area contributed by atoms with Gasteiger partial charge in [0.2, 0.25) is 10.0 Å². The third-order valence-corrected chi connectivity index (χ3v) is 4.37. The fourth-order valence-corrected chi connectivity index (χ4v) is 3.35. The molecule has 0 radical (unpaired) electrons. The average Bonchev–Trinajstić information content (AvgIpc) is 2.30. The molecule has 1 atom stereocenters. The number of benzene rings is 1. The van der Waals surface area contributed by atoms with Crippen LogP contribution in [0.5, 0.6) is 0 Å². The Morgan fingerprint density at radius 1 is 1.33 bits per heavy atom. The van der Waals surface area contributed by atoms with E-state index < -0.39 is 10.0 Å². The molecule has 4 nitrogen and oxygen atoms in total. The number of halogens is 1. The summed E-state index contributed by atoms with van der Waals surface area (Å²) in [6.07, 6.45) is 2.05. The van der Waals surface area contributed by atoms with E-state index in [9.17, 15) is 8.42 Å². The number of nitrogens with zero attached hydrogens (tertiary/aromatic N) is 1. The minimum absolute atomic E-state index is 0. The average molecular weight is 291 g/mol. The van der Waals surface area contributed by atoms with Crippen molar-refractivity contribution >= 4 is 22.4 Å². The van der Waals surface area contributed by atoms with Gasteiger partial charge >= 0.3 is 0 Å². The fourth-order valence-electron chi connectivity index (χ4n) is 2.24. The van der Waals surface area contributed by atoms with E-state index in [1.54, 1.807) is 4.31 Å². The van der Waals surface area contributed by atoms with Crippen LogP contribution < -0.4 is 5.32 Å². The first-order chi connectivity index (χ1) is 8.07. The van der Waals surface area contributed by atoms with Gasteiger partial charge in [0, 0.05) is 25.7 Å². The molecule has 1 fully saturated rings. The third kappa shape index (κ3) is 3.95. The first-order valence-corrected chi connectivity index (χ1v) is 7.63. The van der Waals surface area contributed by atoms with Crippen molar-refractivity contribution in [2.24, 2.45) is 0 Å². The molecule has 0 spiro atoms. The van der Waals surface area contributed by atoms with E-state index in [2.05, 4.69) is 5.32 Å². The molecule has 1 aliphatic rings. The smallest absolute Gasteiger partial charge is 0.211 e. The molecule has 18 heavy (non-hydrogen) atoms. The zero-order chi connectivity index (χ0) is 12.3. The van der Waals surface area contributed by atoms with Gasteiger partial charge in [-0.05, 0) is 12.0 Å². The van der Waals surface area contributed by atoms with Crippen LogP contribution in [0.2, 0.25) is 0 Å². The van der Waals surface area contributed by atoms with Gasteiger partial charge in [-0.15, -0.1) is 12.4 Å². The van der Waals surface area contributed by atoms with Gasteiger partial charge in [-0.25, -0.2) is 8.42 Å². The predicted octanol–water partition coefficient (Wildman–Crippen LogP) is 0.884. The van der Waals surface area contributed by atoms with Crippen molar-refractivity contribution in [1.29, 1.82) is 0 Å². The Hall–Kier alpha value is -0.620. The van der Waals surface area contributed by atoms with Crippen LogP contribution in [-0.4, -0.2) is 44.7 Å². The molecule has 1 N–H and O–H groups in total. The molecule has 1 saturated heterocycles.